The van der Waals surface area contributed by atoms with Gasteiger partial charge in [0.05, 0.1) is 5.41 Å². The fourth-order valence-electron chi connectivity index (χ4n) is 3.71. The van der Waals surface area contributed by atoms with Crippen LogP contribution in [0, 0.1) is 23.7 Å². The number of nitriles is 1. The number of rotatable bonds is 6. The van der Waals surface area contributed by atoms with Crippen LogP contribution in [0.15, 0.2) is 36.4 Å². The number of imide groups is 1. The average molecular weight is 389 g/mol. The van der Waals surface area contributed by atoms with Crippen LogP contribution in [0.25, 0.3) is 0 Å². The number of hydrogen-bond acceptors (Lipinski definition) is 5. The van der Waals surface area contributed by atoms with E-state index < -0.39 is 5.41 Å². The smallest absolute Gasteiger partial charge is 0.233 e. The second kappa shape index (κ2) is 7.96. The van der Waals surface area contributed by atoms with Crippen LogP contribution in [0.2, 0.25) is 0 Å². The molecule has 6 heteroatoms. The summed E-state index contributed by atoms with van der Waals surface area (Å²) in [6, 6.07) is 12.8. The number of aromatic nitrogens is 1. The van der Waals surface area contributed by atoms with E-state index in [-0.39, 0.29) is 29.9 Å². The molecule has 0 radical (unpaired) electrons. The highest BCUT2D eigenvalue weighted by Gasteiger charge is 2.46. The summed E-state index contributed by atoms with van der Waals surface area (Å²) in [4.78, 5) is 40.6. The summed E-state index contributed by atoms with van der Waals surface area (Å²) in [5.74, 6) is -0.664. The van der Waals surface area contributed by atoms with Crippen molar-refractivity contribution in [2.24, 2.45) is 5.41 Å². The van der Waals surface area contributed by atoms with Gasteiger partial charge in [0.25, 0.3) is 0 Å². The highest BCUT2D eigenvalue weighted by atomic mass is 16.2. The van der Waals surface area contributed by atoms with Gasteiger partial charge in [0.1, 0.15) is 11.8 Å². The van der Waals surface area contributed by atoms with Gasteiger partial charge in [0.15, 0.2) is 5.78 Å². The van der Waals surface area contributed by atoms with Crippen molar-refractivity contribution in [2.45, 2.75) is 46.0 Å². The molecular formula is C23H23N3O3. The van der Waals surface area contributed by atoms with Crippen molar-refractivity contribution >= 4 is 17.6 Å². The molecule has 0 aliphatic carbocycles. The Hall–Kier alpha value is -3.33. The van der Waals surface area contributed by atoms with Crippen molar-refractivity contribution in [1.82, 2.24) is 10.3 Å². The number of Topliss-reactive ketones (excluding diaryl/α,β-unsaturated/α-hetero) is 1. The number of nitrogens with zero attached hydrogens (tertiary/aromatic N) is 2. The minimum Gasteiger partial charge on any atom is -0.296 e. The van der Waals surface area contributed by atoms with Crippen molar-refractivity contribution < 1.29 is 14.4 Å². The van der Waals surface area contributed by atoms with Gasteiger partial charge < -0.3 is 0 Å². The zero-order chi connectivity index (χ0) is 21.2. The van der Waals surface area contributed by atoms with Gasteiger partial charge in [0, 0.05) is 24.1 Å². The lowest BCUT2D eigenvalue weighted by Crippen LogP contribution is -2.33. The number of nitrogens with one attached hydrogen (secondary N) is 1. The van der Waals surface area contributed by atoms with Crippen LogP contribution in [0.1, 0.15) is 65.5 Å². The Morgan fingerprint density at radius 3 is 2.55 bits per heavy atom. The molecule has 0 saturated carbocycles. The normalized spacial score (nSPS) is 19.5. The van der Waals surface area contributed by atoms with Crippen molar-refractivity contribution in [3.63, 3.8) is 0 Å². The molecule has 3 rings (SSSR count). The Kier molecular flexibility index (Phi) is 5.60. The number of ketones is 1. The van der Waals surface area contributed by atoms with E-state index >= 15 is 0 Å². The van der Waals surface area contributed by atoms with Gasteiger partial charge in [-0.15, -0.1) is 0 Å². The predicted molar refractivity (Wildman–Crippen MR) is 107 cm³/mol. The first-order valence-electron chi connectivity index (χ1n) is 9.58. The molecule has 0 bridgehead atoms. The minimum absolute atomic E-state index is 0.00832. The second-order valence-corrected chi connectivity index (χ2v) is 7.87. The Bertz CT molecular complexity index is 1020. The highest BCUT2D eigenvalue weighted by molar-refractivity contribution is 6.06. The third kappa shape index (κ3) is 4.24. The molecule has 0 unspecified atom stereocenters. The summed E-state index contributed by atoms with van der Waals surface area (Å²) in [6.07, 6.45) is 0.931. The molecule has 1 fully saturated rings. The molecule has 29 heavy (non-hydrogen) atoms. The largest absolute Gasteiger partial charge is 0.296 e. The minimum atomic E-state index is -0.780. The lowest BCUT2D eigenvalue weighted by atomic mass is 9.73. The number of aryl methyl sites for hydroxylation is 2. The van der Waals surface area contributed by atoms with Crippen LogP contribution in [0.4, 0.5) is 0 Å². The van der Waals surface area contributed by atoms with Gasteiger partial charge in [0.2, 0.25) is 11.8 Å². The van der Waals surface area contributed by atoms with E-state index in [2.05, 4.69) is 10.3 Å². The van der Waals surface area contributed by atoms with Crippen LogP contribution in [-0.2, 0) is 16.0 Å². The van der Waals surface area contributed by atoms with Gasteiger partial charge in [-0.3, -0.25) is 19.7 Å². The lowest BCUT2D eigenvalue weighted by molar-refractivity contribution is -0.128. The summed E-state index contributed by atoms with van der Waals surface area (Å²) < 4.78 is 0. The molecule has 6 nitrogen and oxygen atoms in total. The first-order chi connectivity index (χ1) is 13.7. The Morgan fingerprint density at radius 1 is 1.28 bits per heavy atom. The quantitative estimate of drug-likeness (QED) is 0.604. The van der Waals surface area contributed by atoms with Gasteiger partial charge >= 0.3 is 0 Å². The molecule has 1 saturated heterocycles. The van der Waals surface area contributed by atoms with Gasteiger partial charge in [-0.05, 0) is 49.4 Å². The van der Waals surface area contributed by atoms with Gasteiger partial charge in [-0.2, -0.15) is 5.26 Å². The molecule has 1 N–H and O–H groups in total. The third-order valence-electron chi connectivity index (χ3n) is 5.73. The fourth-order valence-corrected chi connectivity index (χ4v) is 3.71. The van der Waals surface area contributed by atoms with Crippen LogP contribution in [0.3, 0.4) is 0 Å². The summed E-state index contributed by atoms with van der Waals surface area (Å²) in [5.41, 5.74) is 2.75. The first-order valence-corrected chi connectivity index (χ1v) is 9.58. The Morgan fingerprint density at radius 2 is 1.97 bits per heavy atom. The van der Waals surface area contributed by atoms with Crippen molar-refractivity contribution in [1.29, 1.82) is 5.26 Å². The summed E-state index contributed by atoms with van der Waals surface area (Å²) in [5, 5.41) is 11.4. The van der Waals surface area contributed by atoms with Crippen molar-refractivity contribution in [3.8, 4) is 6.07 Å². The number of hydrogen-bond donors (Lipinski definition) is 1. The van der Waals surface area contributed by atoms with Crippen LogP contribution in [-0.4, -0.2) is 22.6 Å². The van der Waals surface area contributed by atoms with Gasteiger partial charge in [-0.1, -0.05) is 31.2 Å². The van der Waals surface area contributed by atoms with Crippen molar-refractivity contribution in [3.05, 3.63) is 64.5 Å². The molecule has 148 valence electrons. The maximum absolute atomic E-state index is 12.6. The number of benzene rings is 1. The zero-order valence-electron chi connectivity index (χ0n) is 16.8. The summed E-state index contributed by atoms with van der Waals surface area (Å²) >= 11 is 0. The standard InChI is InChI=1S/C23H23N3O3/c1-14-10-18(25-19(11-14)13-24)8-9-20(27)17-6-4-16(5-7-17)15(2)23(3)12-21(28)26-22(23)29/h4-7,10-11,15H,8-9,12H2,1-3H3,(H,26,28,29)/t15-,23+/m1/s1. The zero-order valence-corrected chi connectivity index (χ0v) is 16.8. The molecule has 1 aromatic carbocycles. The monoisotopic (exact) mass is 389 g/mol. The predicted octanol–water partition coefficient (Wildman–Crippen LogP) is 3.23. The second-order valence-electron chi connectivity index (χ2n) is 7.87. The third-order valence-corrected chi connectivity index (χ3v) is 5.73. The molecule has 2 amide bonds. The number of pyridine rings is 1. The van der Waals surface area contributed by atoms with Crippen LogP contribution in [0.5, 0.6) is 0 Å². The Labute approximate surface area is 170 Å². The average Bonchev–Trinajstić information content (AvgIpc) is 2.97. The van der Waals surface area contributed by atoms with Gasteiger partial charge in [-0.25, -0.2) is 4.98 Å². The maximum Gasteiger partial charge on any atom is 0.233 e. The van der Waals surface area contributed by atoms with E-state index in [0.717, 1.165) is 16.8 Å². The molecular weight excluding hydrogens is 366 g/mol. The highest BCUT2D eigenvalue weighted by Crippen LogP contribution is 2.41. The Balaban J connectivity index is 1.68. The van der Waals surface area contributed by atoms with Crippen LogP contribution < -0.4 is 5.32 Å². The van der Waals surface area contributed by atoms with E-state index in [4.69, 9.17) is 5.26 Å². The van der Waals surface area contributed by atoms with Crippen molar-refractivity contribution in [2.75, 3.05) is 0 Å². The van der Waals surface area contributed by atoms with Crippen LogP contribution >= 0.6 is 0 Å². The first kappa shape index (κ1) is 20.4. The molecule has 1 aliphatic rings. The summed E-state index contributed by atoms with van der Waals surface area (Å²) in [6.45, 7) is 5.61. The maximum atomic E-state index is 12.6. The SMILES string of the molecule is Cc1cc(C#N)nc(CCC(=O)c2ccc([C@@H](C)[C@]3(C)CC(=O)NC3=O)cc2)c1. The van der Waals surface area contributed by atoms with E-state index in [1.807, 2.05) is 38.1 Å². The van der Waals surface area contributed by atoms with E-state index in [1.54, 1.807) is 25.1 Å². The number of amides is 2. The molecule has 0 spiro atoms. The molecule has 2 heterocycles. The fraction of sp³-hybridized carbons (Fsp3) is 0.348. The number of carbonyl (C=O) groups is 3. The molecule has 1 aliphatic heterocycles. The van der Waals surface area contributed by atoms with E-state index in [0.29, 0.717) is 24.1 Å². The summed E-state index contributed by atoms with van der Waals surface area (Å²) in [7, 11) is 0. The topological polar surface area (TPSA) is 99.9 Å². The number of carbonyl (C=O) groups excluding carboxylic acids is 3. The lowest BCUT2D eigenvalue weighted by Gasteiger charge is -2.28. The molecule has 2 atom stereocenters. The molecule has 1 aromatic heterocycles. The molecule has 2 aromatic rings. The van der Waals surface area contributed by atoms with E-state index in [1.165, 1.54) is 0 Å². The van der Waals surface area contributed by atoms with E-state index in [9.17, 15) is 14.4 Å².